The van der Waals surface area contributed by atoms with Crippen LogP contribution in [0.1, 0.15) is 30.7 Å². The van der Waals surface area contributed by atoms with E-state index in [1.165, 1.54) is 0 Å². The Morgan fingerprint density at radius 1 is 1.20 bits per heavy atom. The molecule has 0 radical (unpaired) electrons. The van der Waals surface area contributed by atoms with E-state index in [0.29, 0.717) is 25.9 Å². The van der Waals surface area contributed by atoms with Crippen molar-refractivity contribution in [2.75, 3.05) is 25.0 Å². The molecule has 0 spiro atoms. The standard InChI is InChI=1S/C18H21F2N3O2/c19-18(20)9-14(21-10-18)17(25)23-7-5-11(6-8-23)15-12-3-1-2-4-13(12)22-16(15)24/h1-4,11,14-15,21H,5-10H2,(H,22,24). The first-order chi connectivity index (χ1) is 11.9. The number of rotatable bonds is 2. The second kappa shape index (κ2) is 6.05. The van der Waals surface area contributed by atoms with Gasteiger partial charge in [-0.05, 0) is 30.4 Å². The number of amides is 2. The number of alkyl halides is 2. The molecule has 2 amide bonds. The maximum Gasteiger partial charge on any atom is 0.262 e. The van der Waals surface area contributed by atoms with Gasteiger partial charge < -0.3 is 10.2 Å². The summed E-state index contributed by atoms with van der Waals surface area (Å²) < 4.78 is 26.6. The zero-order valence-electron chi connectivity index (χ0n) is 13.8. The number of nitrogens with zero attached hydrogens (tertiary/aromatic N) is 1. The molecular formula is C18H21F2N3O2. The number of nitrogens with one attached hydrogen (secondary N) is 2. The Bertz CT molecular complexity index is 701. The largest absolute Gasteiger partial charge is 0.341 e. The van der Waals surface area contributed by atoms with Gasteiger partial charge in [0.25, 0.3) is 5.92 Å². The van der Waals surface area contributed by atoms with E-state index in [1.54, 1.807) is 4.90 Å². The Kier molecular flexibility index (Phi) is 3.98. The fourth-order valence-electron chi connectivity index (χ4n) is 4.27. The molecule has 0 aromatic heterocycles. The lowest BCUT2D eigenvalue weighted by Gasteiger charge is -2.35. The van der Waals surface area contributed by atoms with Gasteiger partial charge >= 0.3 is 0 Å². The third-order valence-electron chi connectivity index (χ3n) is 5.57. The van der Waals surface area contributed by atoms with Crippen molar-refractivity contribution in [3.8, 4) is 0 Å². The van der Waals surface area contributed by atoms with E-state index >= 15 is 0 Å². The number of hydrogen-bond donors (Lipinski definition) is 2. The summed E-state index contributed by atoms with van der Waals surface area (Å²) in [6, 6.07) is 6.91. The summed E-state index contributed by atoms with van der Waals surface area (Å²) >= 11 is 0. The van der Waals surface area contributed by atoms with Crippen molar-refractivity contribution in [3.63, 3.8) is 0 Å². The molecule has 4 rings (SSSR count). The topological polar surface area (TPSA) is 61.4 Å². The van der Waals surface area contributed by atoms with Crippen LogP contribution in [0.5, 0.6) is 0 Å². The fraction of sp³-hybridized carbons (Fsp3) is 0.556. The van der Waals surface area contributed by atoms with Crippen LogP contribution in [-0.2, 0) is 9.59 Å². The van der Waals surface area contributed by atoms with Crippen molar-refractivity contribution >= 4 is 17.5 Å². The second-order valence-electron chi connectivity index (χ2n) is 7.21. The van der Waals surface area contributed by atoms with Gasteiger partial charge in [0.05, 0.1) is 18.5 Å². The smallest absolute Gasteiger partial charge is 0.262 e. The van der Waals surface area contributed by atoms with Crippen LogP contribution in [0.2, 0.25) is 0 Å². The number of likely N-dealkylation sites (tertiary alicyclic amines) is 1. The maximum absolute atomic E-state index is 13.3. The number of anilines is 1. The Labute approximate surface area is 144 Å². The average molecular weight is 349 g/mol. The summed E-state index contributed by atoms with van der Waals surface area (Å²) in [5, 5.41) is 5.54. The molecule has 7 heteroatoms. The van der Waals surface area contributed by atoms with E-state index in [2.05, 4.69) is 10.6 Å². The summed E-state index contributed by atoms with van der Waals surface area (Å²) in [5.74, 6) is -3.03. The van der Waals surface area contributed by atoms with Crippen LogP contribution in [0.3, 0.4) is 0 Å². The molecule has 2 atom stereocenters. The number of fused-ring (bicyclic) bond motifs is 1. The van der Waals surface area contributed by atoms with Gasteiger partial charge in [-0.1, -0.05) is 18.2 Å². The molecule has 2 saturated heterocycles. The molecule has 1 aromatic carbocycles. The van der Waals surface area contributed by atoms with Gasteiger partial charge in [0.2, 0.25) is 11.8 Å². The number of para-hydroxylation sites is 1. The molecule has 2 N–H and O–H groups in total. The minimum atomic E-state index is -2.80. The zero-order valence-corrected chi connectivity index (χ0v) is 13.8. The van der Waals surface area contributed by atoms with Gasteiger partial charge in [0, 0.05) is 25.2 Å². The predicted molar refractivity (Wildman–Crippen MR) is 88.5 cm³/mol. The van der Waals surface area contributed by atoms with Crippen LogP contribution < -0.4 is 10.6 Å². The minimum Gasteiger partial charge on any atom is -0.341 e. The number of piperidine rings is 1. The van der Waals surface area contributed by atoms with E-state index in [-0.39, 0.29) is 23.7 Å². The Balaban J connectivity index is 1.39. The average Bonchev–Trinajstić information content (AvgIpc) is 3.13. The lowest BCUT2D eigenvalue weighted by molar-refractivity contribution is -0.135. The molecule has 2 unspecified atom stereocenters. The number of carbonyl (C=O) groups is 2. The SMILES string of the molecule is O=C1Nc2ccccc2C1C1CCN(C(=O)C2CC(F)(F)CN2)CC1. The molecule has 5 nitrogen and oxygen atoms in total. The molecule has 1 aromatic rings. The fourth-order valence-corrected chi connectivity index (χ4v) is 4.27. The molecule has 3 heterocycles. The lowest BCUT2D eigenvalue weighted by Crippen LogP contribution is -2.47. The number of halogens is 2. The summed E-state index contributed by atoms with van der Waals surface area (Å²) in [4.78, 5) is 26.4. The normalized spacial score (nSPS) is 28.7. The van der Waals surface area contributed by atoms with Crippen LogP contribution in [0.25, 0.3) is 0 Å². The Hall–Kier alpha value is -2.02. The molecule has 0 aliphatic carbocycles. The van der Waals surface area contributed by atoms with Crippen molar-refractivity contribution in [3.05, 3.63) is 29.8 Å². The Morgan fingerprint density at radius 2 is 1.92 bits per heavy atom. The molecule has 3 aliphatic rings. The highest BCUT2D eigenvalue weighted by molar-refractivity contribution is 6.03. The van der Waals surface area contributed by atoms with E-state index in [9.17, 15) is 18.4 Å². The summed E-state index contributed by atoms with van der Waals surface area (Å²) in [5.41, 5.74) is 1.89. The molecule has 3 aliphatic heterocycles. The summed E-state index contributed by atoms with van der Waals surface area (Å²) in [7, 11) is 0. The first kappa shape index (κ1) is 16.4. The van der Waals surface area contributed by atoms with Crippen LogP contribution in [0.15, 0.2) is 24.3 Å². The lowest BCUT2D eigenvalue weighted by atomic mass is 9.80. The number of hydrogen-bond acceptors (Lipinski definition) is 3. The van der Waals surface area contributed by atoms with Crippen molar-refractivity contribution in [1.82, 2.24) is 10.2 Å². The molecular weight excluding hydrogens is 328 g/mol. The van der Waals surface area contributed by atoms with Crippen LogP contribution in [-0.4, -0.2) is 48.3 Å². The number of benzene rings is 1. The van der Waals surface area contributed by atoms with Crippen LogP contribution in [0, 0.1) is 5.92 Å². The molecule has 25 heavy (non-hydrogen) atoms. The molecule has 0 saturated carbocycles. The molecule has 2 fully saturated rings. The Morgan fingerprint density at radius 3 is 2.60 bits per heavy atom. The predicted octanol–water partition coefficient (Wildman–Crippen LogP) is 1.96. The van der Waals surface area contributed by atoms with Crippen LogP contribution >= 0.6 is 0 Å². The van der Waals surface area contributed by atoms with Crippen molar-refractivity contribution in [2.45, 2.75) is 37.1 Å². The van der Waals surface area contributed by atoms with Gasteiger partial charge in [-0.3, -0.25) is 14.9 Å². The van der Waals surface area contributed by atoms with Gasteiger partial charge in [0.1, 0.15) is 0 Å². The first-order valence-corrected chi connectivity index (χ1v) is 8.74. The number of carbonyl (C=O) groups excluding carboxylic acids is 2. The highest BCUT2D eigenvalue weighted by atomic mass is 19.3. The van der Waals surface area contributed by atoms with E-state index in [0.717, 1.165) is 11.3 Å². The van der Waals surface area contributed by atoms with Gasteiger partial charge in [-0.25, -0.2) is 8.78 Å². The van der Waals surface area contributed by atoms with Gasteiger partial charge in [-0.15, -0.1) is 0 Å². The van der Waals surface area contributed by atoms with E-state index < -0.39 is 24.9 Å². The monoisotopic (exact) mass is 349 g/mol. The van der Waals surface area contributed by atoms with Gasteiger partial charge in [-0.2, -0.15) is 0 Å². The third-order valence-corrected chi connectivity index (χ3v) is 5.57. The third kappa shape index (κ3) is 3.01. The minimum absolute atomic E-state index is 0.0167. The summed E-state index contributed by atoms with van der Waals surface area (Å²) in [6.45, 7) is 0.595. The molecule has 134 valence electrons. The van der Waals surface area contributed by atoms with Crippen molar-refractivity contribution in [2.24, 2.45) is 5.92 Å². The maximum atomic E-state index is 13.3. The highest BCUT2D eigenvalue weighted by Crippen LogP contribution is 2.41. The highest BCUT2D eigenvalue weighted by Gasteiger charge is 2.45. The van der Waals surface area contributed by atoms with Crippen molar-refractivity contribution < 1.29 is 18.4 Å². The molecule has 0 bridgehead atoms. The quantitative estimate of drug-likeness (QED) is 0.858. The van der Waals surface area contributed by atoms with Gasteiger partial charge in [0.15, 0.2) is 0 Å². The van der Waals surface area contributed by atoms with E-state index in [4.69, 9.17) is 0 Å². The van der Waals surface area contributed by atoms with Crippen LogP contribution in [0.4, 0.5) is 14.5 Å². The summed E-state index contributed by atoms with van der Waals surface area (Å²) in [6.07, 6.45) is 0.993. The van der Waals surface area contributed by atoms with Crippen molar-refractivity contribution in [1.29, 1.82) is 0 Å². The van der Waals surface area contributed by atoms with E-state index in [1.807, 2.05) is 24.3 Å². The first-order valence-electron chi connectivity index (χ1n) is 8.74. The second-order valence-corrected chi connectivity index (χ2v) is 7.21. The zero-order chi connectivity index (χ0) is 17.6.